The van der Waals surface area contributed by atoms with Crippen LogP contribution in [0.15, 0.2) is 17.5 Å². The summed E-state index contributed by atoms with van der Waals surface area (Å²) in [6, 6.07) is 0. The van der Waals surface area contributed by atoms with Gasteiger partial charge in [0.1, 0.15) is 0 Å². The van der Waals surface area contributed by atoms with Crippen molar-refractivity contribution in [2.75, 3.05) is 6.54 Å². The van der Waals surface area contributed by atoms with Crippen molar-refractivity contribution in [1.82, 2.24) is 5.32 Å². The molecule has 1 rings (SSSR count). The summed E-state index contributed by atoms with van der Waals surface area (Å²) in [7, 11) is 0. The first kappa shape index (κ1) is 7.32. The van der Waals surface area contributed by atoms with Crippen LogP contribution in [0, 0.1) is 12.1 Å². The van der Waals surface area contributed by atoms with Crippen LogP contribution >= 0.6 is 0 Å². The van der Waals surface area contributed by atoms with Crippen molar-refractivity contribution >= 4 is 0 Å². The summed E-state index contributed by atoms with van der Waals surface area (Å²) >= 11 is 0. The van der Waals surface area contributed by atoms with Crippen molar-refractivity contribution in [2.45, 2.75) is 13.8 Å². The first-order valence-corrected chi connectivity index (χ1v) is 3.43. The maximum absolute atomic E-state index is 12.8. The minimum absolute atomic E-state index is 0.249. The average Bonchev–Trinajstić information content (AvgIpc) is 1.88. The molecule has 0 saturated carbocycles. The molecule has 0 aromatic heterocycles. The van der Waals surface area contributed by atoms with Crippen LogP contribution in [0.3, 0.4) is 0 Å². The normalized spacial score (nSPS) is 18.0. The van der Waals surface area contributed by atoms with E-state index >= 15 is 0 Å². The molecular weight excluding hydrogens is 129 g/mol. The lowest BCUT2D eigenvalue weighted by molar-refractivity contribution is 0.580. The van der Waals surface area contributed by atoms with E-state index in [2.05, 4.69) is 11.5 Å². The number of hydrogen-bond donors (Lipinski definition) is 1. The lowest BCUT2D eigenvalue weighted by Gasteiger charge is -2.12. The maximum Gasteiger partial charge on any atom is 0.151 e. The molecule has 1 aliphatic rings. The van der Waals surface area contributed by atoms with E-state index in [0.717, 1.165) is 5.57 Å². The predicted molar refractivity (Wildman–Crippen MR) is 38.8 cm³/mol. The lowest BCUT2D eigenvalue weighted by Crippen LogP contribution is -2.14. The Balaban J connectivity index is 2.74. The van der Waals surface area contributed by atoms with Gasteiger partial charge in [-0.3, -0.25) is 0 Å². The summed E-state index contributed by atoms with van der Waals surface area (Å²) in [5.41, 5.74) is 0.763. The summed E-state index contributed by atoms with van der Waals surface area (Å²) < 4.78 is 12.8. The van der Waals surface area contributed by atoms with Gasteiger partial charge >= 0.3 is 0 Å². The van der Waals surface area contributed by atoms with Crippen molar-refractivity contribution in [3.05, 3.63) is 23.7 Å². The molecule has 0 aromatic carbocycles. The predicted octanol–water partition coefficient (Wildman–Crippen LogP) is 1.79. The molecule has 1 aliphatic heterocycles. The fourth-order valence-electron chi connectivity index (χ4n) is 0.941. The highest BCUT2D eigenvalue weighted by Crippen LogP contribution is 2.20. The molecule has 1 N–H and O–H groups in total. The standard InChI is InChI=1S/C8H11FN/c1-6(2)7-3-4-10-5-8(7)9/h3,6,10H,4H2,1-2H3. The Morgan fingerprint density at radius 2 is 2.40 bits per heavy atom. The van der Waals surface area contributed by atoms with Gasteiger partial charge in [0.2, 0.25) is 0 Å². The topological polar surface area (TPSA) is 12.0 Å². The third kappa shape index (κ3) is 1.38. The summed E-state index contributed by atoms with van der Waals surface area (Å²) in [6.07, 6.45) is 4.30. The highest BCUT2D eigenvalue weighted by molar-refractivity contribution is 5.27. The molecule has 0 bridgehead atoms. The Kier molecular flexibility index (Phi) is 2.10. The summed E-state index contributed by atoms with van der Waals surface area (Å²) in [4.78, 5) is 0. The first-order chi connectivity index (χ1) is 4.72. The lowest BCUT2D eigenvalue weighted by atomic mass is 10.0. The molecule has 10 heavy (non-hydrogen) atoms. The van der Waals surface area contributed by atoms with Crippen LogP contribution in [-0.2, 0) is 0 Å². The van der Waals surface area contributed by atoms with E-state index in [-0.39, 0.29) is 11.7 Å². The zero-order valence-electron chi connectivity index (χ0n) is 6.24. The Morgan fingerprint density at radius 3 is 2.80 bits per heavy atom. The van der Waals surface area contributed by atoms with Crippen LogP contribution in [0.1, 0.15) is 13.8 Å². The first-order valence-electron chi connectivity index (χ1n) is 3.43. The van der Waals surface area contributed by atoms with Gasteiger partial charge in [-0.1, -0.05) is 19.9 Å². The van der Waals surface area contributed by atoms with Crippen molar-refractivity contribution in [2.24, 2.45) is 5.92 Å². The summed E-state index contributed by atoms with van der Waals surface area (Å²) in [6.45, 7) is 4.64. The molecular formula is C8H11FN. The highest BCUT2D eigenvalue weighted by Gasteiger charge is 2.11. The molecule has 0 aromatic rings. The van der Waals surface area contributed by atoms with Gasteiger partial charge in [-0.15, -0.1) is 0 Å². The van der Waals surface area contributed by atoms with E-state index < -0.39 is 0 Å². The zero-order valence-corrected chi connectivity index (χ0v) is 6.24. The molecule has 1 radical (unpaired) electrons. The Hall–Kier alpha value is -0.790. The number of rotatable bonds is 1. The molecule has 0 amide bonds. The SMILES string of the molecule is CC(C)C1=CCN[C]=C1F. The smallest absolute Gasteiger partial charge is 0.151 e. The van der Waals surface area contributed by atoms with Crippen LogP contribution in [0.4, 0.5) is 4.39 Å². The Labute approximate surface area is 60.6 Å². The fourth-order valence-corrected chi connectivity index (χ4v) is 0.941. The van der Waals surface area contributed by atoms with Crippen molar-refractivity contribution in [3.63, 3.8) is 0 Å². The average molecular weight is 140 g/mol. The van der Waals surface area contributed by atoms with Gasteiger partial charge in [0.05, 0.1) is 6.20 Å². The maximum atomic E-state index is 12.8. The van der Waals surface area contributed by atoms with E-state index in [4.69, 9.17) is 0 Å². The molecule has 0 unspecified atom stereocenters. The number of hydrogen-bond acceptors (Lipinski definition) is 1. The second-order valence-corrected chi connectivity index (χ2v) is 2.63. The van der Waals surface area contributed by atoms with Gasteiger partial charge in [0.15, 0.2) is 5.83 Å². The number of dihydropyridines is 1. The van der Waals surface area contributed by atoms with Gasteiger partial charge in [0.25, 0.3) is 0 Å². The minimum Gasteiger partial charge on any atom is -0.377 e. The fraction of sp³-hybridized carbons (Fsp3) is 0.500. The minimum atomic E-state index is -0.249. The van der Waals surface area contributed by atoms with Crippen LogP contribution < -0.4 is 5.32 Å². The van der Waals surface area contributed by atoms with Crippen LogP contribution in [-0.4, -0.2) is 6.54 Å². The second kappa shape index (κ2) is 2.86. The molecule has 1 nitrogen and oxygen atoms in total. The molecule has 0 atom stereocenters. The van der Waals surface area contributed by atoms with E-state index in [1.807, 2.05) is 19.9 Å². The third-order valence-electron chi connectivity index (χ3n) is 1.50. The molecule has 55 valence electrons. The molecule has 0 aliphatic carbocycles. The molecule has 0 saturated heterocycles. The van der Waals surface area contributed by atoms with Gasteiger partial charge in [-0.25, -0.2) is 4.39 Å². The summed E-state index contributed by atoms with van der Waals surface area (Å²) in [5.74, 6) is 0.0100. The van der Waals surface area contributed by atoms with Crippen molar-refractivity contribution < 1.29 is 4.39 Å². The van der Waals surface area contributed by atoms with Crippen LogP contribution in [0.2, 0.25) is 0 Å². The monoisotopic (exact) mass is 140 g/mol. The summed E-state index contributed by atoms with van der Waals surface area (Å²) in [5, 5.41) is 2.68. The molecule has 0 spiro atoms. The van der Waals surface area contributed by atoms with E-state index in [1.54, 1.807) is 0 Å². The van der Waals surface area contributed by atoms with E-state index in [9.17, 15) is 4.39 Å². The quantitative estimate of drug-likeness (QED) is 0.585. The Morgan fingerprint density at radius 1 is 1.70 bits per heavy atom. The number of allylic oxidation sites excluding steroid dienone is 2. The highest BCUT2D eigenvalue weighted by atomic mass is 19.1. The largest absolute Gasteiger partial charge is 0.377 e. The van der Waals surface area contributed by atoms with E-state index in [0.29, 0.717) is 6.54 Å². The van der Waals surface area contributed by atoms with Crippen LogP contribution in [0.5, 0.6) is 0 Å². The number of nitrogens with one attached hydrogen (secondary N) is 1. The zero-order chi connectivity index (χ0) is 7.56. The molecule has 1 heterocycles. The van der Waals surface area contributed by atoms with Crippen molar-refractivity contribution in [3.8, 4) is 0 Å². The second-order valence-electron chi connectivity index (χ2n) is 2.63. The van der Waals surface area contributed by atoms with Crippen molar-refractivity contribution in [1.29, 1.82) is 0 Å². The number of halogens is 1. The third-order valence-corrected chi connectivity index (χ3v) is 1.50. The molecule has 0 fully saturated rings. The molecule has 2 heteroatoms. The van der Waals surface area contributed by atoms with Gasteiger partial charge < -0.3 is 5.32 Å². The van der Waals surface area contributed by atoms with Gasteiger partial charge in [-0.05, 0) is 11.5 Å². The van der Waals surface area contributed by atoms with E-state index in [1.165, 1.54) is 0 Å². The van der Waals surface area contributed by atoms with Crippen LogP contribution in [0.25, 0.3) is 0 Å². The Bertz CT molecular complexity index is 180. The van der Waals surface area contributed by atoms with Gasteiger partial charge in [-0.2, -0.15) is 0 Å². The van der Waals surface area contributed by atoms with Gasteiger partial charge in [0, 0.05) is 6.54 Å².